The molecule has 0 aliphatic rings. The number of imidazole rings is 1. The van der Waals surface area contributed by atoms with Gasteiger partial charge >= 0.3 is 0 Å². The van der Waals surface area contributed by atoms with Crippen molar-refractivity contribution in [2.75, 3.05) is 21.3 Å². The zero-order valence-electron chi connectivity index (χ0n) is 17.3. The summed E-state index contributed by atoms with van der Waals surface area (Å²) in [5, 5.41) is 10.2. The van der Waals surface area contributed by atoms with Crippen molar-refractivity contribution in [3.05, 3.63) is 65.1 Å². The van der Waals surface area contributed by atoms with E-state index in [2.05, 4.69) is 20.9 Å². The first-order valence-electron chi connectivity index (χ1n) is 9.49. The van der Waals surface area contributed by atoms with Gasteiger partial charge in [0.15, 0.2) is 11.5 Å². The van der Waals surface area contributed by atoms with Crippen LogP contribution in [0.1, 0.15) is 0 Å². The van der Waals surface area contributed by atoms with Crippen LogP contribution < -0.4 is 14.2 Å². The van der Waals surface area contributed by atoms with E-state index in [9.17, 15) is 5.11 Å². The van der Waals surface area contributed by atoms with Crippen LogP contribution in [0.3, 0.4) is 0 Å². The Bertz CT molecular complexity index is 1140. The van der Waals surface area contributed by atoms with Crippen LogP contribution in [0.5, 0.6) is 23.0 Å². The summed E-state index contributed by atoms with van der Waals surface area (Å²) in [6, 6.07) is 19.1. The van der Waals surface area contributed by atoms with Gasteiger partial charge in [-0.2, -0.15) is 0 Å². The van der Waals surface area contributed by atoms with E-state index in [1.807, 2.05) is 48.5 Å². The van der Waals surface area contributed by atoms with Crippen molar-refractivity contribution < 1.29 is 19.3 Å². The molecule has 6 nitrogen and oxygen atoms in total. The number of H-pyrrole nitrogens is 1. The largest absolute Gasteiger partial charge is 0.503 e. The third-order valence-corrected chi connectivity index (χ3v) is 5.57. The quantitative estimate of drug-likeness (QED) is 0.359. The summed E-state index contributed by atoms with van der Waals surface area (Å²) in [5.41, 5.74) is 4.35. The number of methoxy groups -OCH3 is 3. The molecule has 31 heavy (non-hydrogen) atoms. The molecule has 0 saturated carbocycles. The Morgan fingerprint density at radius 3 is 1.90 bits per heavy atom. The number of aromatic amines is 1. The number of phenols is 1. The molecule has 158 valence electrons. The molecule has 0 bridgehead atoms. The maximum Gasteiger partial charge on any atom is 0.172 e. The molecule has 0 aliphatic carbocycles. The lowest BCUT2D eigenvalue weighted by Crippen LogP contribution is -1.88. The van der Waals surface area contributed by atoms with Gasteiger partial charge in [0.1, 0.15) is 17.3 Å². The van der Waals surface area contributed by atoms with Crippen LogP contribution in [0.4, 0.5) is 0 Å². The lowest BCUT2D eigenvalue weighted by Gasteiger charge is -2.07. The highest BCUT2D eigenvalue weighted by Crippen LogP contribution is 2.40. The van der Waals surface area contributed by atoms with Gasteiger partial charge in [-0.25, -0.2) is 4.98 Å². The summed E-state index contributed by atoms with van der Waals surface area (Å²) >= 11 is 3.38. The zero-order chi connectivity index (χ0) is 22.0. The standard InChI is InChI=1S/C24H21BrN2O4/c1-29-17-8-4-14(5-9-17)21-22(15-6-10-18(30-2)11-7-15)27-24(26-21)16-12-19(25)23(28)20(13-16)31-3/h4-13,28H,1-3H3,(H,26,27). The highest BCUT2D eigenvalue weighted by Gasteiger charge is 2.18. The summed E-state index contributed by atoms with van der Waals surface area (Å²) in [5.74, 6) is 2.61. The fraction of sp³-hybridized carbons (Fsp3) is 0.125. The summed E-state index contributed by atoms with van der Waals surface area (Å²) < 4.78 is 16.4. The number of nitrogens with one attached hydrogen (secondary N) is 1. The Morgan fingerprint density at radius 2 is 1.35 bits per heavy atom. The van der Waals surface area contributed by atoms with E-state index in [0.29, 0.717) is 16.0 Å². The second kappa shape index (κ2) is 8.73. The number of aromatic nitrogens is 2. The summed E-state index contributed by atoms with van der Waals surface area (Å²) in [7, 11) is 4.79. The van der Waals surface area contributed by atoms with Gasteiger partial charge in [0.2, 0.25) is 0 Å². The minimum atomic E-state index is 0.0450. The van der Waals surface area contributed by atoms with E-state index in [1.54, 1.807) is 26.4 Å². The topological polar surface area (TPSA) is 76.6 Å². The number of aromatic hydroxyl groups is 1. The molecular formula is C24H21BrN2O4. The van der Waals surface area contributed by atoms with Crippen molar-refractivity contribution in [2.24, 2.45) is 0 Å². The Kier molecular flexibility index (Phi) is 5.86. The molecule has 0 saturated heterocycles. The molecule has 1 aromatic heterocycles. The number of benzene rings is 3. The average molecular weight is 481 g/mol. The first-order chi connectivity index (χ1) is 15.0. The highest BCUT2D eigenvalue weighted by molar-refractivity contribution is 9.10. The average Bonchev–Trinajstić information content (AvgIpc) is 3.26. The molecule has 0 spiro atoms. The molecule has 0 fully saturated rings. The Morgan fingerprint density at radius 1 is 0.774 bits per heavy atom. The molecule has 0 amide bonds. The van der Waals surface area contributed by atoms with Crippen molar-refractivity contribution in [3.8, 4) is 56.9 Å². The third kappa shape index (κ3) is 4.09. The number of phenolic OH excluding ortho intramolecular Hbond substituents is 1. The summed E-state index contributed by atoms with van der Waals surface area (Å²) in [6.07, 6.45) is 0. The lowest BCUT2D eigenvalue weighted by atomic mass is 10.0. The highest BCUT2D eigenvalue weighted by atomic mass is 79.9. The molecule has 0 aliphatic heterocycles. The minimum Gasteiger partial charge on any atom is -0.503 e. The van der Waals surface area contributed by atoms with E-state index in [1.165, 1.54) is 7.11 Å². The van der Waals surface area contributed by atoms with E-state index in [4.69, 9.17) is 19.2 Å². The van der Waals surface area contributed by atoms with E-state index < -0.39 is 0 Å². The first kappa shape index (κ1) is 20.8. The number of ether oxygens (including phenoxy) is 3. The Hall–Kier alpha value is -3.45. The van der Waals surface area contributed by atoms with E-state index in [0.717, 1.165) is 39.6 Å². The number of halogens is 1. The smallest absolute Gasteiger partial charge is 0.172 e. The predicted octanol–water partition coefficient (Wildman–Crippen LogP) is 5.90. The van der Waals surface area contributed by atoms with Gasteiger partial charge in [-0.05, 0) is 76.6 Å². The molecule has 0 unspecified atom stereocenters. The third-order valence-electron chi connectivity index (χ3n) is 4.97. The zero-order valence-corrected chi connectivity index (χ0v) is 18.9. The SMILES string of the molecule is COc1ccc(-c2nc(-c3cc(Br)c(O)c(OC)c3)[nH]c2-c2ccc(OC)cc2)cc1. The molecule has 1 heterocycles. The van der Waals surface area contributed by atoms with Gasteiger partial charge in [-0.1, -0.05) is 0 Å². The van der Waals surface area contributed by atoms with Gasteiger partial charge in [-0.3, -0.25) is 0 Å². The molecule has 4 aromatic rings. The van der Waals surface area contributed by atoms with Crippen LogP contribution in [-0.2, 0) is 0 Å². The number of nitrogens with zero attached hydrogens (tertiary/aromatic N) is 1. The van der Waals surface area contributed by atoms with Crippen LogP contribution in [0.25, 0.3) is 33.9 Å². The van der Waals surface area contributed by atoms with Crippen LogP contribution in [0.15, 0.2) is 65.1 Å². The Labute approximate surface area is 188 Å². The lowest BCUT2D eigenvalue weighted by molar-refractivity contribution is 0.372. The van der Waals surface area contributed by atoms with Crippen LogP contribution in [-0.4, -0.2) is 36.4 Å². The molecule has 3 aromatic carbocycles. The number of hydrogen-bond donors (Lipinski definition) is 2. The minimum absolute atomic E-state index is 0.0450. The second-order valence-electron chi connectivity index (χ2n) is 6.77. The molecular weight excluding hydrogens is 460 g/mol. The number of rotatable bonds is 6. The van der Waals surface area contributed by atoms with Crippen molar-refractivity contribution in [1.82, 2.24) is 9.97 Å². The molecule has 0 radical (unpaired) electrons. The van der Waals surface area contributed by atoms with Crippen LogP contribution >= 0.6 is 15.9 Å². The van der Waals surface area contributed by atoms with Crippen molar-refractivity contribution in [3.63, 3.8) is 0 Å². The van der Waals surface area contributed by atoms with Gasteiger partial charge in [0.25, 0.3) is 0 Å². The van der Waals surface area contributed by atoms with Gasteiger partial charge < -0.3 is 24.3 Å². The first-order valence-corrected chi connectivity index (χ1v) is 10.3. The van der Waals surface area contributed by atoms with Crippen LogP contribution in [0, 0.1) is 0 Å². The maximum atomic E-state index is 10.2. The van der Waals surface area contributed by atoms with Gasteiger partial charge in [0.05, 0.1) is 37.2 Å². The fourth-order valence-corrected chi connectivity index (χ4v) is 3.74. The molecule has 7 heteroatoms. The molecule has 0 atom stereocenters. The maximum absolute atomic E-state index is 10.2. The van der Waals surface area contributed by atoms with Gasteiger partial charge in [-0.15, -0.1) is 0 Å². The summed E-state index contributed by atoms with van der Waals surface area (Å²) in [6.45, 7) is 0. The number of hydrogen-bond acceptors (Lipinski definition) is 5. The normalized spacial score (nSPS) is 10.7. The summed E-state index contributed by atoms with van der Waals surface area (Å²) in [4.78, 5) is 8.32. The fourth-order valence-electron chi connectivity index (χ4n) is 3.30. The van der Waals surface area contributed by atoms with Crippen LogP contribution in [0.2, 0.25) is 0 Å². The molecule has 2 N–H and O–H groups in total. The monoisotopic (exact) mass is 480 g/mol. The van der Waals surface area contributed by atoms with E-state index in [-0.39, 0.29) is 5.75 Å². The van der Waals surface area contributed by atoms with Crippen molar-refractivity contribution >= 4 is 15.9 Å². The predicted molar refractivity (Wildman–Crippen MR) is 124 cm³/mol. The van der Waals surface area contributed by atoms with Crippen molar-refractivity contribution in [1.29, 1.82) is 0 Å². The molecule has 4 rings (SSSR count). The van der Waals surface area contributed by atoms with Crippen molar-refractivity contribution in [2.45, 2.75) is 0 Å². The van der Waals surface area contributed by atoms with Gasteiger partial charge in [0, 0.05) is 16.7 Å². The Balaban J connectivity index is 1.88. The van der Waals surface area contributed by atoms with E-state index >= 15 is 0 Å². The second-order valence-corrected chi connectivity index (χ2v) is 7.63.